The quantitative estimate of drug-likeness (QED) is 0.0201. The van der Waals surface area contributed by atoms with Gasteiger partial charge in [0.05, 0.1) is 0 Å². The summed E-state index contributed by atoms with van der Waals surface area (Å²) in [5, 5.41) is 0. The Labute approximate surface area is 352 Å². The number of hydrogen-bond acceptors (Lipinski definition) is 6. The fourth-order valence-corrected chi connectivity index (χ4v) is 6.62. The molecule has 0 bridgehead atoms. The third kappa shape index (κ3) is 44.3. The minimum absolute atomic E-state index is 0.0849. The normalized spacial score (nSPS) is 12.4. The van der Waals surface area contributed by atoms with Gasteiger partial charge in [-0.05, 0) is 70.6 Å². The molecule has 0 spiro atoms. The standard InChI is InChI=1S/C51H90O6/c1-4-7-10-13-16-19-22-23-24-25-26-27-30-32-35-38-41-44-50(53)56-47-48(57-51(54)45-42-39-36-33-29-21-18-15-12-9-6-3)46-55-49(52)43-40-37-34-31-28-20-17-14-11-8-5-2/h15-16,18-19,21,23-24,29,48H,4-14,17,20,22,25-28,30-47H2,1-3H3/b18-15-,19-16-,24-23-,29-21-. The SMILES string of the molecule is CCCC/C=C\C=C/CCCCCC(=O)OC(COC(=O)CCCCCCCCC/C=C\C/C=C\CCCCC)COC(=O)CCCCCCCCCCCCC. The lowest BCUT2D eigenvalue weighted by molar-refractivity contribution is -0.167. The van der Waals surface area contributed by atoms with Crippen molar-refractivity contribution in [3.8, 4) is 0 Å². The molecule has 0 aromatic rings. The zero-order valence-corrected chi connectivity index (χ0v) is 37.6. The minimum Gasteiger partial charge on any atom is -0.462 e. The Morgan fingerprint density at radius 3 is 1.18 bits per heavy atom. The fourth-order valence-electron chi connectivity index (χ4n) is 6.62. The van der Waals surface area contributed by atoms with E-state index in [2.05, 4.69) is 69.4 Å². The van der Waals surface area contributed by atoms with Gasteiger partial charge >= 0.3 is 17.9 Å². The molecule has 330 valence electrons. The molecule has 0 heterocycles. The molecule has 0 aliphatic rings. The highest BCUT2D eigenvalue weighted by Gasteiger charge is 2.19. The van der Waals surface area contributed by atoms with E-state index in [-0.39, 0.29) is 31.1 Å². The predicted molar refractivity (Wildman–Crippen MR) is 242 cm³/mol. The van der Waals surface area contributed by atoms with Gasteiger partial charge in [0.15, 0.2) is 6.10 Å². The second-order valence-electron chi connectivity index (χ2n) is 16.0. The second-order valence-corrected chi connectivity index (χ2v) is 16.0. The van der Waals surface area contributed by atoms with Crippen molar-refractivity contribution in [3.63, 3.8) is 0 Å². The van der Waals surface area contributed by atoms with E-state index in [9.17, 15) is 14.4 Å². The Bertz CT molecular complexity index is 1010. The van der Waals surface area contributed by atoms with E-state index in [1.165, 1.54) is 116 Å². The zero-order valence-electron chi connectivity index (χ0n) is 37.6. The molecule has 0 amide bonds. The first-order valence-electron chi connectivity index (χ1n) is 24.2. The van der Waals surface area contributed by atoms with E-state index < -0.39 is 6.10 Å². The van der Waals surface area contributed by atoms with E-state index in [1.807, 2.05) is 0 Å². The monoisotopic (exact) mass is 799 g/mol. The van der Waals surface area contributed by atoms with Gasteiger partial charge in [0.2, 0.25) is 0 Å². The van der Waals surface area contributed by atoms with Gasteiger partial charge in [0.1, 0.15) is 13.2 Å². The van der Waals surface area contributed by atoms with Gasteiger partial charge in [-0.25, -0.2) is 0 Å². The summed E-state index contributed by atoms with van der Waals surface area (Å²) < 4.78 is 16.7. The van der Waals surface area contributed by atoms with Crippen LogP contribution in [0.4, 0.5) is 0 Å². The molecule has 0 N–H and O–H groups in total. The van der Waals surface area contributed by atoms with Crippen LogP contribution in [0.1, 0.15) is 239 Å². The number of hydrogen-bond donors (Lipinski definition) is 0. The highest BCUT2D eigenvalue weighted by Crippen LogP contribution is 2.14. The van der Waals surface area contributed by atoms with Gasteiger partial charge in [-0.3, -0.25) is 14.4 Å². The van der Waals surface area contributed by atoms with Crippen molar-refractivity contribution in [2.45, 2.75) is 245 Å². The molecule has 0 fully saturated rings. The smallest absolute Gasteiger partial charge is 0.306 e. The molecule has 6 nitrogen and oxygen atoms in total. The highest BCUT2D eigenvalue weighted by molar-refractivity contribution is 5.71. The molecule has 0 aliphatic carbocycles. The van der Waals surface area contributed by atoms with Crippen LogP contribution >= 0.6 is 0 Å². The van der Waals surface area contributed by atoms with E-state index in [1.54, 1.807) is 0 Å². The van der Waals surface area contributed by atoms with Crippen LogP contribution in [0.5, 0.6) is 0 Å². The first kappa shape index (κ1) is 54.4. The average Bonchev–Trinajstić information content (AvgIpc) is 3.21. The van der Waals surface area contributed by atoms with Crippen LogP contribution in [0.2, 0.25) is 0 Å². The molecule has 0 aromatic carbocycles. The van der Waals surface area contributed by atoms with Gasteiger partial charge in [-0.2, -0.15) is 0 Å². The molecule has 0 aliphatic heterocycles. The van der Waals surface area contributed by atoms with Crippen LogP contribution in [0, 0.1) is 0 Å². The largest absolute Gasteiger partial charge is 0.462 e. The van der Waals surface area contributed by atoms with Crippen molar-refractivity contribution < 1.29 is 28.6 Å². The second kappa shape index (κ2) is 46.1. The van der Waals surface area contributed by atoms with Gasteiger partial charge in [0.25, 0.3) is 0 Å². The Kier molecular flexibility index (Phi) is 43.9. The number of unbranched alkanes of at least 4 members (excludes halogenated alkanes) is 25. The number of allylic oxidation sites excluding steroid dienone is 8. The van der Waals surface area contributed by atoms with Gasteiger partial charge < -0.3 is 14.2 Å². The number of ether oxygens (including phenoxy) is 3. The number of carbonyl (C=O) groups excluding carboxylic acids is 3. The maximum absolute atomic E-state index is 12.7. The minimum atomic E-state index is -0.785. The molecule has 0 saturated carbocycles. The Balaban J connectivity index is 4.37. The molecule has 6 heteroatoms. The van der Waals surface area contributed by atoms with Crippen LogP contribution in [-0.2, 0) is 28.6 Å². The molecule has 0 rings (SSSR count). The van der Waals surface area contributed by atoms with Crippen LogP contribution < -0.4 is 0 Å². The number of esters is 3. The Morgan fingerprint density at radius 1 is 0.368 bits per heavy atom. The summed E-state index contributed by atoms with van der Waals surface area (Å²) in [6.45, 7) is 6.52. The summed E-state index contributed by atoms with van der Waals surface area (Å²) in [7, 11) is 0. The van der Waals surface area contributed by atoms with Crippen molar-refractivity contribution >= 4 is 17.9 Å². The molecule has 1 atom stereocenters. The molecular weight excluding hydrogens is 709 g/mol. The van der Waals surface area contributed by atoms with Crippen LogP contribution in [0.25, 0.3) is 0 Å². The molecule has 1 unspecified atom stereocenters. The molecule has 57 heavy (non-hydrogen) atoms. The van der Waals surface area contributed by atoms with E-state index in [0.717, 1.165) is 83.5 Å². The topological polar surface area (TPSA) is 78.9 Å². The maximum atomic E-state index is 12.7. The zero-order chi connectivity index (χ0) is 41.5. The molecular formula is C51H90O6. The van der Waals surface area contributed by atoms with Crippen molar-refractivity contribution in [3.05, 3.63) is 48.6 Å². The maximum Gasteiger partial charge on any atom is 0.306 e. The summed E-state index contributed by atoms with van der Waals surface area (Å²) in [5.74, 6) is -0.920. The number of rotatable bonds is 43. The summed E-state index contributed by atoms with van der Waals surface area (Å²) in [4.78, 5) is 37.8. The molecule has 0 aromatic heterocycles. The summed E-state index contributed by atoms with van der Waals surface area (Å²) in [5.41, 5.74) is 0. The molecule has 0 radical (unpaired) electrons. The Hall–Kier alpha value is -2.63. The van der Waals surface area contributed by atoms with Crippen molar-refractivity contribution in [2.75, 3.05) is 13.2 Å². The van der Waals surface area contributed by atoms with E-state index in [0.29, 0.717) is 19.3 Å². The van der Waals surface area contributed by atoms with E-state index in [4.69, 9.17) is 14.2 Å². The van der Waals surface area contributed by atoms with Gasteiger partial charge in [-0.15, -0.1) is 0 Å². The summed E-state index contributed by atoms with van der Waals surface area (Å²) >= 11 is 0. The van der Waals surface area contributed by atoms with Gasteiger partial charge in [-0.1, -0.05) is 198 Å². The van der Waals surface area contributed by atoms with Gasteiger partial charge in [0, 0.05) is 19.3 Å². The summed E-state index contributed by atoms with van der Waals surface area (Å²) in [6, 6.07) is 0. The lowest BCUT2D eigenvalue weighted by atomic mass is 10.1. The Morgan fingerprint density at radius 2 is 0.702 bits per heavy atom. The van der Waals surface area contributed by atoms with E-state index >= 15 is 0 Å². The lowest BCUT2D eigenvalue weighted by Crippen LogP contribution is -2.30. The number of carbonyl (C=O) groups is 3. The average molecular weight is 799 g/mol. The first-order valence-corrected chi connectivity index (χ1v) is 24.2. The van der Waals surface area contributed by atoms with Crippen molar-refractivity contribution in [1.29, 1.82) is 0 Å². The summed E-state index contributed by atoms with van der Waals surface area (Å²) in [6.07, 6.45) is 53.8. The third-order valence-corrected chi connectivity index (χ3v) is 10.3. The highest BCUT2D eigenvalue weighted by atomic mass is 16.6. The molecule has 0 saturated heterocycles. The first-order chi connectivity index (χ1) is 28.0. The van der Waals surface area contributed by atoms with Crippen LogP contribution in [0.15, 0.2) is 48.6 Å². The third-order valence-electron chi connectivity index (χ3n) is 10.3. The fraction of sp³-hybridized carbons (Fsp3) is 0.784. The predicted octanol–water partition coefficient (Wildman–Crippen LogP) is 15.5. The van der Waals surface area contributed by atoms with Crippen LogP contribution in [-0.4, -0.2) is 37.2 Å². The lowest BCUT2D eigenvalue weighted by Gasteiger charge is -2.18. The van der Waals surface area contributed by atoms with Crippen LogP contribution in [0.3, 0.4) is 0 Å². The van der Waals surface area contributed by atoms with Crippen molar-refractivity contribution in [1.82, 2.24) is 0 Å². The van der Waals surface area contributed by atoms with Crippen molar-refractivity contribution in [2.24, 2.45) is 0 Å².